The number of pyridine rings is 1. The Morgan fingerprint density at radius 3 is 2.84 bits per heavy atom. The largest absolute Gasteiger partial charge is 0.305 e. The van der Waals surface area contributed by atoms with Gasteiger partial charge in [-0.25, -0.2) is 4.98 Å². The molecule has 1 unspecified atom stereocenters. The molecule has 106 valence electrons. The molecule has 19 heavy (non-hydrogen) atoms. The van der Waals surface area contributed by atoms with Crippen molar-refractivity contribution in [3.8, 4) is 0 Å². The fraction of sp³-hybridized carbons (Fsp3) is 0.643. The minimum absolute atomic E-state index is 0.513. The van der Waals surface area contributed by atoms with Gasteiger partial charge in [0.25, 0.3) is 0 Å². The number of halogens is 2. The molecule has 1 aliphatic heterocycles. The molecule has 1 saturated heterocycles. The molecule has 1 aromatic heterocycles. The molecule has 0 N–H and O–H groups in total. The van der Waals surface area contributed by atoms with Crippen LogP contribution in [0.3, 0.4) is 0 Å². The molecule has 2 rings (SSSR count). The van der Waals surface area contributed by atoms with Crippen molar-refractivity contribution in [1.82, 2.24) is 14.8 Å². The lowest BCUT2D eigenvalue weighted by molar-refractivity contribution is 0.174. The van der Waals surface area contributed by atoms with E-state index in [1.54, 1.807) is 6.07 Å². The summed E-state index contributed by atoms with van der Waals surface area (Å²) in [5.41, 5.74) is 0.886. The Hall–Kier alpha value is -0.350. The molecule has 3 nitrogen and oxygen atoms in total. The highest BCUT2D eigenvalue weighted by Gasteiger charge is 2.23. The van der Waals surface area contributed by atoms with Gasteiger partial charge in [-0.2, -0.15) is 0 Å². The van der Waals surface area contributed by atoms with Gasteiger partial charge < -0.3 is 4.90 Å². The van der Waals surface area contributed by atoms with Gasteiger partial charge in [0, 0.05) is 25.7 Å². The van der Waals surface area contributed by atoms with Crippen molar-refractivity contribution in [2.45, 2.75) is 32.4 Å². The zero-order chi connectivity index (χ0) is 13.8. The maximum absolute atomic E-state index is 6.22. The second-order valence-corrected chi connectivity index (χ2v) is 6.01. The molecule has 0 spiro atoms. The fourth-order valence-electron chi connectivity index (χ4n) is 2.65. The maximum Gasteiger partial charge on any atom is 0.129 e. The van der Waals surface area contributed by atoms with Crippen LogP contribution in [0, 0.1) is 0 Å². The normalized spacial score (nSPS) is 22.4. The third-order valence-corrected chi connectivity index (χ3v) is 4.29. The van der Waals surface area contributed by atoms with Crippen molar-refractivity contribution in [3.05, 3.63) is 28.0 Å². The minimum atomic E-state index is 0.513. The van der Waals surface area contributed by atoms with Gasteiger partial charge in [-0.05, 0) is 38.6 Å². The molecule has 0 saturated carbocycles. The quantitative estimate of drug-likeness (QED) is 0.799. The minimum Gasteiger partial charge on any atom is -0.305 e. The first-order valence-electron chi connectivity index (χ1n) is 6.83. The van der Waals surface area contributed by atoms with Crippen LogP contribution >= 0.6 is 23.2 Å². The van der Waals surface area contributed by atoms with E-state index >= 15 is 0 Å². The molecule has 0 radical (unpaired) electrons. The van der Waals surface area contributed by atoms with Crippen molar-refractivity contribution >= 4 is 23.2 Å². The lowest BCUT2D eigenvalue weighted by atomic mass is 10.1. The number of hydrogen-bond acceptors (Lipinski definition) is 3. The lowest BCUT2D eigenvalue weighted by Crippen LogP contribution is -2.39. The Balaban J connectivity index is 2.13. The van der Waals surface area contributed by atoms with E-state index < -0.39 is 0 Å². The molecular formula is C14H21Cl2N3. The smallest absolute Gasteiger partial charge is 0.129 e. The first-order chi connectivity index (χ1) is 9.10. The Morgan fingerprint density at radius 1 is 1.32 bits per heavy atom. The summed E-state index contributed by atoms with van der Waals surface area (Å²) in [4.78, 5) is 9.25. The summed E-state index contributed by atoms with van der Waals surface area (Å²) in [5, 5.41) is 1.22. The van der Waals surface area contributed by atoms with E-state index in [9.17, 15) is 0 Å². The molecule has 0 bridgehead atoms. The summed E-state index contributed by atoms with van der Waals surface area (Å²) >= 11 is 12.2. The molecule has 1 fully saturated rings. The van der Waals surface area contributed by atoms with Gasteiger partial charge in [-0.3, -0.25) is 4.90 Å². The average molecular weight is 302 g/mol. The second-order valence-electron chi connectivity index (χ2n) is 5.21. The highest BCUT2D eigenvalue weighted by molar-refractivity contribution is 6.32. The van der Waals surface area contributed by atoms with E-state index in [4.69, 9.17) is 23.2 Å². The van der Waals surface area contributed by atoms with Gasteiger partial charge in [0.2, 0.25) is 0 Å². The maximum atomic E-state index is 6.22. The van der Waals surface area contributed by atoms with Gasteiger partial charge >= 0.3 is 0 Å². The Labute approximate surface area is 125 Å². The van der Waals surface area contributed by atoms with Crippen LogP contribution in [0.4, 0.5) is 0 Å². The lowest BCUT2D eigenvalue weighted by Gasteiger charge is -2.30. The predicted molar refractivity (Wildman–Crippen MR) is 80.9 cm³/mol. The van der Waals surface area contributed by atoms with Crippen molar-refractivity contribution in [3.63, 3.8) is 0 Å². The summed E-state index contributed by atoms with van der Waals surface area (Å²) in [6, 6.07) is 4.13. The fourth-order valence-corrected chi connectivity index (χ4v) is 2.98. The van der Waals surface area contributed by atoms with E-state index in [1.165, 1.54) is 6.42 Å². The zero-order valence-electron chi connectivity index (χ0n) is 11.6. The predicted octanol–water partition coefficient (Wildman–Crippen LogP) is 3.30. The molecule has 2 heterocycles. The molecule has 0 amide bonds. The number of likely N-dealkylation sites (N-methyl/N-ethyl adjacent to an activating group) is 1. The van der Waals surface area contributed by atoms with Crippen LogP contribution in [0.2, 0.25) is 10.2 Å². The van der Waals surface area contributed by atoms with Crippen molar-refractivity contribution in [1.29, 1.82) is 0 Å². The third-order valence-electron chi connectivity index (χ3n) is 3.73. The van der Waals surface area contributed by atoms with E-state index in [1.807, 2.05) is 6.07 Å². The number of aromatic nitrogens is 1. The monoisotopic (exact) mass is 301 g/mol. The topological polar surface area (TPSA) is 19.4 Å². The second kappa shape index (κ2) is 6.89. The summed E-state index contributed by atoms with van der Waals surface area (Å²) < 4.78 is 0. The summed E-state index contributed by atoms with van der Waals surface area (Å²) in [7, 11) is 2.19. The molecule has 0 aromatic carbocycles. The van der Waals surface area contributed by atoms with Crippen LogP contribution in [0.15, 0.2) is 12.1 Å². The summed E-state index contributed by atoms with van der Waals surface area (Å²) in [6.45, 7) is 6.38. The zero-order valence-corrected chi connectivity index (χ0v) is 13.1. The molecule has 0 aliphatic carbocycles. The standard InChI is InChI=1S/C14H21Cl2N3/c1-3-11-9-18(2)7-4-8-19(11)10-13-12(15)5-6-14(16)17-13/h5-6,11H,3-4,7-10H2,1-2H3. The van der Waals surface area contributed by atoms with Crippen molar-refractivity contribution < 1.29 is 0 Å². The number of rotatable bonds is 3. The van der Waals surface area contributed by atoms with Crippen LogP contribution in [-0.4, -0.2) is 47.5 Å². The number of nitrogens with zero attached hydrogens (tertiary/aromatic N) is 3. The Bertz CT molecular complexity index is 425. The van der Waals surface area contributed by atoms with Crippen LogP contribution in [0.5, 0.6) is 0 Å². The number of hydrogen-bond donors (Lipinski definition) is 0. The molecule has 1 aromatic rings. The van der Waals surface area contributed by atoms with Crippen LogP contribution in [0.1, 0.15) is 25.5 Å². The van der Waals surface area contributed by atoms with Crippen molar-refractivity contribution in [2.75, 3.05) is 26.7 Å². The summed E-state index contributed by atoms with van der Waals surface area (Å²) in [5.74, 6) is 0. The SMILES string of the molecule is CCC1CN(C)CCCN1Cc1nc(Cl)ccc1Cl. The van der Waals surface area contributed by atoms with Crippen molar-refractivity contribution in [2.24, 2.45) is 0 Å². The van der Waals surface area contributed by atoms with Crippen LogP contribution in [0.25, 0.3) is 0 Å². The van der Waals surface area contributed by atoms with E-state index in [-0.39, 0.29) is 0 Å². The molecule has 5 heteroatoms. The molecule has 1 aliphatic rings. The van der Waals surface area contributed by atoms with E-state index in [0.29, 0.717) is 16.2 Å². The van der Waals surface area contributed by atoms with Gasteiger partial charge in [-0.15, -0.1) is 0 Å². The van der Waals surface area contributed by atoms with Gasteiger partial charge in [0.15, 0.2) is 0 Å². The Morgan fingerprint density at radius 2 is 2.11 bits per heavy atom. The molecular weight excluding hydrogens is 281 g/mol. The molecule has 1 atom stereocenters. The summed E-state index contributed by atoms with van der Waals surface area (Å²) in [6.07, 6.45) is 2.33. The highest BCUT2D eigenvalue weighted by Crippen LogP contribution is 2.21. The highest BCUT2D eigenvalue weighted by atomic mass is 35.5. The van der Waals surface area contributed by atoms with Gasteiger partial charge in [0.05, 0.1) is 10.7 Å². The van der Waals surface area contributed by atoms with E-state index in [2.05, 4.69) is 28.8 Å². The van der Waals surface area contributed by atoms with E-state index in [0.717, 1.165) is 38.3 Å². The Kier molecular flexibility index (Phi) is 5.46. The first-order valence-corrected chi connectivity index (χ1v) is 7.59. The van der Waals surface area contributed by atoms with Gasteiger partial charge in [0.1, 0.15) is 5.15 Å². The van der Waals surface area contributed by atoms with Gasteiger partial charge in [-0.1, -0.05) is 30.1 Å². The van der Waals surface area contributed by atoms with Crippen LogP contribution in [-0.2, 0) is 6.54 Å². The first kappa shape index (κ1) is 15.0. The van der Waals surface area contributed by atoms with Crippen LogP contribution < -0.4 is 0 Å². The average Bonchev–Trinajstić information content (AvgIpc) is 2.55. The third kappa shape index (κ3) is 4.06.